The predicted octanol–water partition coefficient (Wildman–Crippen LogP) is 3.60. The Morgan fingerprint density at radius 1 is 1.40 bits per heavy atom. The van der Waals surface area contributed by atoms with Gasteiger partial charge < -0.3 is 0 Å². The molecule has 1 aromatic carbocycles. The largest absolute Gasteiger partial charge is 0.278 e. The molecule has 1 aliphatic heterocycles. The van der Waals surface area contributed by atoms with E-state index in [1.54, 1.807) is 24.3 Å². The second-order valence-corrected chi connectivity index (χ2v) is 6.02. The van der Waals surface area contributed by atoms with Gasteiger partial charge in [-0.15, -0.1) is 0 Å². The standard InChI is InChI=1S/C16H18ClNO2/c1-12(17)11-16(2)9-6-10-18(15(16)20)14(19)13-7-4-3-5-8-13/h3-5,7-8H,1,6,9-11H2,2H3/t16-/m0/s1. The maximum atomic E-state index is 12.6. The van der Waals surface area contributed by atoms with E-state index in [0.29, 0.717) is 23.6 Å². The van der Waals surface area contributed by atoms with Gasteiger partial charge in [0, 0.05) is 17.1 Å². The predicted molar refractivity (Wildman–Crippen MR) is 79.4 cm³/mol. The number of hydrogen-bond donors (Lipinski definition) is 0. The van der Waals surface area contributed by atoms with Gasteiger partial charge in [0.15, 0.2) is 0 Å². The van der Waals surface area contributed by atoms with Crippen molar-refractivity contribution in [3.63, 3.8) is 0 Å². The van der Waals surface area contributed by atoms with Gasteiger partial charge >= 0.3 is 0 Å². The zero-order chi connectivity index (χ0) is 14.8. The summed E-state index contributed by atoms with van der Waals surface area (Å²) in [6.07, 6.45) is 1.94. The smallest absolute Gasteiger partial charge is 0.260 e. The van der Waals surface area contributed by atoms with E-state index in [4.69, 9.17) is 11.6 Å². The minimum atomic E-state index is -0.623. The fourth-order valence-corrected chi connectivity index (χ4v) is 2.97. The highest BCUT2D eigenvalue weighted by Crippen LogP contribution is 2.37. The lowest BCUT2D eigenvalue weighted by molar-refractivity contribution is -0.141. The lowest BCUT2D eigenvalue weighted by Crippen LogP contribution is -2.50. The average molecular weight is 292 g/mol. The van der Waals surface area contributed by atoms with Crippen molar-refractivity contribution in [3.8, 4) is 0 Å². The molecule has 0 spiro atoms. The zero-order valence-electron chi connectivity index (χ0n) is 11.6. The first-order valence-corrected chi connectivity index (χ1v) is 7.06. The molecule has 1 aliphatic rings. The number of rotatable bonds is 3. The number of carbonyl (C=O) groups excluding carboxylic acids is 2. The van der Waals surface area contributed by atoms with E-state index in [9.17, 15) is 9.59 Å². The first kappa shape index (κ1) is 14.8. The van der Waals surface area contributed by atoms with Crippen LogP contribution in [0.3, 0.4) is 0 Å². The summed E-state index contributed by atoms with van der Waals surface area (Å²) in [7, 11) is 0. The summed E-state index contributed by atoms with van der Waals surface area (Å²) in [6.45, 7) is 5.99. The molecule has 4 heteroatoms. The summed E-state index contributed by atoms with van der Waals surface area (Å²) in [6, 6.07) is 8.88. The number of nitrogens with zero attached hydrogens (tertiary/aromatic N) is 1. The van der Waals surface area contributed by atoms with Crippen molar-refractivity contribution >= 4 is 23.4 Å². The SMILES string of the molecule is C=C(Cl)C[C@]1(C)CCCN(C(=O)c2ccccc2)C1=O. The van der Waals surface area contributed by atoms with E-state index in [0.717, 1.165) is 12.8 Å². The molecule has 0 aromatic heterocycles. The molecule has 0 aliphatic carbocycles. The quantitative estimate of drug-likeness (QED) is 0.798. The van der Waals surface area contributed by atoms with Crippen LogP contribution in [0.25, 0.3) is 0 Å². The number of amides is 2. The number of carbonyl (C=O) groups is 2. The van der Waals surface area contributed by atoms with Gasteiger partial charge in [0.05, 0.1) is 5.41 Å². The second-order valence-electron chi connectivity index (χ2n) is 5.49. The van der Waals surface area contributed by atoms with Gasteiger partial charge in [0.2, 0.25) is 5.91 Å². The molecular weight excluding hydrogens is 274 g/mol. The number of halogens is 1. The van der Waals surface area contributed by atoms with E-state index in [2.05, 4.69) is 6.58 Å². The van der Waals surface area contributed by atoms with Gasteiger partial charge in [-0.3, -0.25) is 14.5 Å². The molecule has 1 fully saturated rings. The summed E-state index contributed by atoms with van der Waals surface area (Å²) in [5, 5.41) is 0.454. The zero-order valence-corrected chi connectivity index (χ0v) is 12.3. The Morgan fingerprint density at radius 3 is 2.65 bits per heavy atom. The summed E-state index contributed by atoms with van der Waals surface area (Å²) >= 11 is 5.86. The third kappa shape index (κ3) is 2.93. The van der Waals surface area contributed by atoms with E-state index >= 15 is 0 Å². The third-order valence-corrected chi connectivity index (χ3v) is 3.85. The Morgan fingerprint density at radius 2 is 2.05 bits per heavy atom. The van der Waals surface area contributed by atoms with Crippen LogP contribution in [-0.2, 0) is 4.79 Å². The average Bonchev–Trinajstić information content (AvgIpc) is 2.41. The number of benzene rings is 1. The fraction of sp³-hybridized carbons (Fsp3) is 0.375. The van der Waals surface area contributed by atoms with E-state index in [-0.39, 0.29) is 11.8 Å². The first-order chi connectivity index (χ1) is 9.44. The van der Waals surface area contributed by atoms with Gasteiger partial charge in [-0.1, -0.05) is 43.3 Å². The van der Waals surface area contributed by atoms with Crippen LogP contribution in [0.2, 0.25) is 0 Å². The molecule has 0 radical (unpaired) electrons. The lowest BCUT2D eigenvalue weighted by atomic mass is 9.78. The molecule has 3 nitrogen and oxygen atoms in total. The van der Waals surface area contributed by atoms with Gasteiger partial charge in [-0.25, -0.2) is 0 Å². The molecule has 2 amide bonds. The Hall–Kier alpha value is -1.61. The minimum absolute atomic E-state index is 0.153. The van der Waals surface area contributed by atoms with Crippen LogP contribution in [0, 0.1) is 5.41 Å². The van der Waals surface area contributed by atoms with Crippen LogP contribution >= 0.6 is 11.6 Å². The van der Waals surface area contributed by atoms with Crippen molar-refractivity contribution < 1.29 is 9.59 Å². The van der Waals surface area contributed by atoms with Crippen molar-refractivity contribution in [2.45, 2.75) is 26.2 Å². The molecule has 0 N–H and O–H groups in total. The third-order valence-electron chi connectivity index (χ3n) is 3.72. The van der Waals surface area contributed by atoms with Crippen LogP contribution in [-0.4, -0.2) is 23.3 Å². The first-order valence-electron chi connectivity index (χ1n) is 6.69. The lowest BCUT2D eigenvalue weighted by Gasteiger charge is -2.38. The Labute approximate surface area is 124 Å². The minimum Gasteiger partial charge on any atom is -0.278 e. The second kappa shape index (κ2) is 5.80. The van der Waals surface area contributed by atoms with Gasteiger partial charge in [0.25, 0.3) is 5.91 Å². The Kier molecular flexibility index (Phi) is 4.29. The van der Waals surface area contributed by atoms with Crippen molar-refractivity contribution in [1.29, 1.82) is 0 Å². The topological polar surface area (TPSA) is 37.4 Å². The van der Waals surface area contributed by atoms with Crippen molar-refractivity contribution in [3.05, 3.63) is 47.5 Å². The molecule has 1 saturated heterocycles. The van der Waals surface area contributed by atoms with Crippen molar-refractivity contribution in [2.75, 3.05) is 6.54 Å². The highest BCUT2D eigenvalue weighted by atomic mass is 35.5. The summed E-state index contributed by atoms with van der Waals surface area (Å²) in [4.78, 5) is 26.4. The molecular formula is C16H18ClNO2. The highest BCUT2D eigenvalue weighted by molar-refractivity contribution is 6.29. The van der Waals surface area contributed by atoms with Crippen LogP contribution in [0.5, 0.6) is 0 Å². The van der Waals surface area contributed by atoms with E-state index in [1.807, 2.05) is 13.0 Å². The molecule has 1 aromatic rings. The van der Waals surface area contributed by atoms with Crippen molar-refractivity contribution in [2.24, 2.45) is 5.41 Å². The molecule has 2 rings (SSSR count). The molecule has 0 unspecified atom stereocenters. The van der Waals surface area contributed by atoms with Crippen LogP contribution in [0.15, 0.2) is 41.9 Å². The number of allylic oxidation sites excluding steroid dienone is 1. The summed E-state index contributed by atoms with van der Waals surface area (Å²) in [5.41, 5.74) is -0.0866. The van der Waals surface area contributed by atoms with Crippen LogP contribution in [0.4, 0.5) is 0 Å². The maximum absolute atomic E-state index is 12.6. The number of hydrogen-bond acceptors (Lipinski definition) is 2. The monoisotopic (exact) mass is 291 g/mol. The van der Waals surface area contributed by atoms with E-state index in [1.165, 1.54) is 4.90 Å². The molecule has 0 saturated carbocycles. The van der Waals surface area contributed by atoms with Gasteiger partial charge in [-0.2, -0.15) is 0 Å². The molecule has 106 valence electrons. The summed E-state index contributed by atoms with van der Waals surface area (Å²) in [5.74, 6) is -0.388. The molecule has 1 atom stereocenters. The highest BCUT2D eigenvalue weighted by Gasteiger charge is 2.42. The molecule has 1 heterocycles. The number of likely N-dealkylation sites (tertiary alicyclic amines) is 1. The number of piperidine rings is 1. The molecule has 20 heavy (non-hydrogen) atoms. The van der Waals surface area contributed by atoms with E-state index < -0.39 is 5.41 Å². The maximum Gasteiger partial charge on any atom is 0.260 e. The Bertz CT molecular complexity index is 541. The van der Waals surface area contributed by atoms with Gasteiger partial charge in [0.1, 0.15) is 0 Å². The normalized spacial score (nSPS) is 22.7. The number of imide groups is 1. The molecule has 0 bridgehead atoms. The summed E-state index contributed by atoms with van der Waals surface area (Å²) < 4.78 is 0. The van der Waals surface area contributed by atoms with Crippen LogP contribution in [0.1, 0.15) is 36.5 Å². The van der Waals surface area contributed by atoms with Gasteiger partial charge in [-0.05, 0) is 31.4 Å². The Balaban J connectivity index is 2.23. The fourth-order valence-electron chi connectivity index (χ4n) is 2.68. The van der Waals surface area contributed by atoms with Crippen molar-refractivity contribution in [1.82, 2.24) is 4.90 Å². The van der Waals surface area contributed by atoms with Crippen LogP contribution < -0.4 is 0 Å².